The molecule has 8 rings (SSSR count). The van der Waals surface area contributed by atoms with Crippen molar-refractivity contribution in [1.29, 1.82) is 0 Å². The van der Waals surface area contributed by atoms with E-state index in [1.54, 1.807) is 0 Å². The fourth-order valence-corrected chi connectivity index (χ4v) is 8.24. The first-order valence-electron chi connectivity index (χ1n) is 12.4. The first kappa shape index (κ1) is 21.0. The molecule has 0 aliphatic heterocycles. The van der Waals surface area contributed by atoms with Crippen molar-refractivity contribution in [3.05, 3.63) is 127 Å². The maximum Gasteiger partial charge on any atom is 0.0906 e. The van der Waals surface area contributed by atoms with E-state index in [9.17, 15) is 0 Å². The Balaban J connectivity index is 1.52. The van der Waals surface area contributed by atoms with Crippen LogP contribution < -0.4 is 0 Å². The lowest BCUT2D eigenvalue weighted by atomic mass is 9.98. The highest BCUT2D eigenvalue weighted by Gasteiger charge is 2.21. The zero-order valence-corrected chi connectivity index (χ0v) is 21.5. The molecule has 0 aliphatic carbocycles. The number of hydrogen-bond donors (Lipinski definition) is 0. The van der Waals surface area contributed by atoms with Gasteiger partial charge in [0.1, 0.15) is 0 Å². The molecule has 3 aromatic heterocycles. The van der Waals surface area contributed by atoms with Gasteiger partial charge in [-0.15, -0.1) is 22.7 Å². The van der Waals surface area contributed by atoms with E-state index < -0.39 is 0 Å². The van der Waals surface area contributed by atoms with Crippen molar-refractivity contribution in [2.75, 3.05) is 0 Å². The summed E-state index contributed by atoms with van der Waals surface area (Å²) in [5.74, 6) is 0. The molecule has 1 nitrogen and oxygen atoms in total. The van der Waals surface area contributed by atoms with Crippen LogP contribution in [0.4, 0.5) is 0 Å². The molecule has 0 fully saturated rings. The Bertz CT molecular complexity index is 2020. The van der Waals surface area contributed by atoms with Crippen molar-refractivity contribution < 1.29 is 0 Å². The van der Waals surface area contributed by atoms with Crippen molar-refractivity contribution in [3.63, 3.8) is 0 Å². The summed E-state index contributed by atoms with van der Waals surface area (Å²) < 4.78 is 6.62. The lowest BCUT2D eigenvalue weighted by Gasteiger charge is -2.14. The summed E-state index contributed by atoms with van der Waals surface area (Å²) in [5.41, 5.74) is 8.68. The largest absolute Gasteiger partial charge is 0.308 e. The molecule has 0 N–H and O–H groups in total. The van der Waals surface area contributed by atoms with E-state index in [1.807, 2.05) is 22.7 Å². The molecule has 0 atom stereocenters. The SMILES string of the molecule is c1ccc(-c2cc(-c3ccccc3)cc(-n3c4ccccc4c4sc5sc6ccccc6c5c43)c2)cc1. The van der Waals surface area contributed by atoms with E-state index in [2.05, 4.69) is 132 Å². The van der Waals surface area contributed by atoms with Gasteiger partial charge in [-0.05, 0) is 52.6 Å². The minimum Gasteiger partial charge on any atom is -0.308 e. The molecule has 0 spiro atoms. The maximum atomic E-state index is 2.50. The number of para-hydroxylation sites is 1. The topological polar surface area (TPSA) is 4.93 Å². The van der Waals surface area contributed by atoms with Crippen molar-refractivity contribution in [1.82, 2.24) is 4.57 Å². The van der Waals surface area contributed by atoms with Crippen LogP contribution in [0.3, 0.4) is 0 Å². The smallest absolute Gasteiger partial charge is 0.0906 e. The summed E-state index contributed by atoms with van der Waals surface area (Å²) in [7, 11) is 0. The highest BCUT2D eigenvalue weighted by molar-refractivity contribution is 7.45. The molecule has 3 heteroatoms. The Hall–Kier alpha value is -4.18. The van der Waals surface area contributed by atoms with Crippen molar-refractivity contribution in [2.24, 2.45) is 0 Å². The summed E-state index contributed by atoms with van der Waals surface area (Å²) in [5, 5.41) is 4.05. The predicted octanol–water partition coefficient (Wildman–Crippen LogP) is 10.5. The summed E-state index contributed by atoms with van der Waals surface area (Å²) in [4.78, 5) is 0. The third kappa shape index (κ3) is 3.21. The normalized spacial score (nSPS) is 11.8. The minimum absolute atomic E-state index is 1.20. The Labute approximate surface area is 222 Å². The van der Waals surface area contributed by atoms with Crippen LogP contribution in [0.25, 0.3) is 68.5 Å². The molecule has 0 amide bonds. The van der Waals surface area contributed by atoms with E-state index in [4.69, 9.17) is 0 Å². The first-order valence-corrected chi connectivity index (χ1v) is 14.1. The van der Waals surface area contributed by atoms with Gasteiger partial charge in [-0.25, -0.2) is 0 Å². The van der Waals surface area contributed by atoms with Crippen LogP contribution in [0.15, 0.2) is 127 Å². The van der Waals surface area contributed by atoms with Crippen molar-refractivity contribution in [3.8, 4) is 27.9 Å². The molecule has 174 valence electrons. The second-order valence-corrected chi connectivity index (χ2v) is 11.7. The maximum absolute atomic E-state index is 2.50. The van der Waals surface area contributed by atoms with Crippen LogP contribution >= 0.6 is 22.7 Å². The summed E-state index contributed by atoms with van der Waals surface area (Å²) in [6, 6.07) is 46.1. The summed E-state index contributed by atoms with van der Waals surface area (Å²) >= 11 is 3.84. The van der Waals surface area contributed by atoms with Crippen LogP contribution in [0.5, 0.6) is 0 Å². The first-order chi connectivity index (χ1) is 18.3. The van der Waals surface area contributed by atoms with Gasteiger partial charge in [0.05, 0.1) is 19.7 Å². The number of fused-ring (bicyclic) bond motifs is 7. The number of aromatic nitrogens is 1. The molecule has 0 radical (unpaired) electrons. The van der Waals surface area contributed by atoms with Crippen LogP contribution in [-0.4, -0.2) is 4.57 Å². The van der Waals surface area contributed by atoms with Crippen LogP contribution in [0, 0.1) is 0 Å². The predicted molar refractivity (Wildman–Crippen MR) is 162 cm³/mol. The Morgan fingerprint density at radius 2 is 1.08 bits per heavy atom. The van der Waals surface area contributed by atoms with Crippen LogP contribution in [0.1, 0.15) is 0 Å². The molecule has 5 aromatic carbocycles. The number of nitrogens with zero attached hydrogens (tertiary/aromatic N) is 1. The van der Waals surface area contributed by atoms with E-state index in [0.29, 0.717) is 0 Å². The Morgan fingerprint density at radius 3 is 1.78 bits per heavy atom. The molecule has 37 heavy (non-hydrogen) atoms. The fourth-order valence-electron chi connectivity index (χ4n) is 5.55. The molecule has 3 heterocycles. The van der Waals surface area contributed by atoms with Gasteiger partial charge in [-0.2, -0.15) is 0 Å². The Morgan fingerprint density at radius 1 is 0.486 bits per heavy atom. The third-order valence-corrected chi connectivity index (χ3v) is 9.69. The van der Waals surface area contributed by atoms with Gasteiger partial charge in [-0.1, -0.05) is 97.1 Å². The van der Waals surface area contributed by atoms with Crippen molar-refractivity contribution >= 4 is 63.3 Å². The lowest BCUT2D eigenvalue weighted by molar-refractivity contribution is 1.19. The molecule has 8 aromatic rings. The van der Waals surface area contributed by atoms with E-state index >= 15 is 0 Å². The molecule has 0 saturated carbocycles. The molecule has 0 saturated heterocycles. The quantitative estimate of drug-likeness (QED) is 0.224. The summed E-state index contributed by atoms with van der Waals surface area (Å²) in [6.07, 6.45) is 0. The molecule has 0 aliphatic rings. The van der Waals surface area contributed by atoms with Gasteiger partial charge in [0, 0.05) is 26.5 Å². The van der Waals surface area contributed by atoms with E-state index in [1.165, 1.54) is 68.5 Å². The molecular formula is C34H21NS2. The monoisotopic (exact) mass is 507 g/mol. The van der Waals surface area contributed by atoms with Crippen molar-refractivity contribution in [2.45, 2.75) is 0 Å². The number of hydrogen-bond acceptors (Lipinski definition) is 2. The van der Waals surface area contributed by atoms with Gasteiger partial charge in [0.25, 0.3) is 0 Å². The zero-order valence-electron chi connectivity index (χ0n) is 19.9. The third-order valence-electron chi connectivity index (χ3n) is 7.21. The number of benzene rings is 5. The number of rotatable bonds is 3. The van der Waals surface area contributed by atoms with Gasteiger partial charge >= 0.3 is 0 Å². The van der Waals surface area contributed by atoms with E-state index in [-0.39, 0.29) is 0 Å². The van der Waals surface area contributed by atoms with Gasteiger partial charge in [0.2, 0.25) is 0 Å². The standard InChI is InChI=1S/C34H21NS2/c1-3-11-22(12-4-1)24-19-25(23-13-5-2-6-14-23)21-26(20-24)35-29-17-9-7-15-27(29)33-32(35)31-28-16-8-10-18-30(28)36-34(31)37-33/h1-21H. The van der Waals surface area contributed by atoms with Crippen LogP contribution in [0.2, 0.25) is 0 Å². The molecule has 0 unspecified atom stereocenters. The number of thiophene rings is 2. The highest BCUT2D eigenvalue weighted by Crippen LogP contribution is 2.48. The minimum atomic E-state index is 1.20. The zero-order chi connectivity index (χ0) is 24.3. The second kappa shape index (κ2) is 8.17. The molecular weight excluding hydrogens is 487 g/mol. The molecule has 0 bridgehead atoms. The fraction of sp³-hybridized carbons (Fsp3) is 0. The van der Waals surface area contributed by atoms with Gasteiger partial charge in [-0.3, -0.25) is 0 Å². The van der Waals surface area contributed by atoms with E-state index in [0.717, 1.165) is 0 Å². The highest BCUT2D eigenvalue weighted by atomic mass is 32.2. The average molecular weight is 508 g/mol. The Kier molecular flexibility index (Phi) is 4.63. The van der Waals surface area contributed by atoms with Gasteiger partial charge < -0.3 is 4.57 Å². The van der Waals surface area contributed by atoms with Crippen LogP contribution in [-0.2, 0) is 0 Å². The average Bonchev–Trinajstić information content (AvgIpc) is 3.60. The summed E-state index contributed by atoms with van der Waals surface area (Å²) in [6.45, 7) is 0. The van der Waals surface area contributed by atoms with Gasteiger partial charge in [0.15, 0.2) is 0 Å². The second-order valence-electron chi connectivity index (χ2n) is 9.39. The lowest BCUT2D eigenvalue weighted by Crippen LogP contribution is -1.96.